The Balaban J connectivity index is 0.000000637. The Kier molecular flexibility index (Phi) is 4.62. The summed E-state index contributed by atoms with van der Waals surface area (Å²) in [5.74, 6) is 1.46. The molecule has 0 amide bonds. The van der Waals surface area contributed by atoms with Crippen molar-refractivity contribution in [2.45, 2.75) is 13.8 Å². The molecule has 1 aliphatic rings. The molecule has 0 aliphatic carbocycles. The molecule has 0 unspecified atom stereocenters. The van der Waals surface area contributed by atoms with E-state index in [-0.39, 0.29) is 0 Å². The van der Waals surface area contributed by atoms with Gasteiger partial charge in [0.25, 0.3) is 0 Å². The quantitative estimate of drug-likeness (QED) is 0.735. The number of rotatable bonds is 1. The van der Waals surface area contributed by atoms with Crippen LogP contribution in [0.4, 0.5) is 0 Å². The third-order valence-corrected chi connectivity index (χ3v) is 2.91. The fourth-order valence-electron chi connectivity index (χ4n) is 1.75. The molecule has 1 aliphatic heterocycles. The predicted octanol–water partition coefficient (Wildman–Crippen LogP) is 4.19. The summed E-state index contributed by atoms with van der Waals surface area (Å²) in [5.41, 5.74) is 0.804. The van der Waals surface area contributed by atoms with Gasteiger partial charge in [-0.25, -0.2) is 0 Å². The maximum Gasteiger partial charge on any atom is 0.632 e. The zero-order valence-electron chi connectivity index (χ0n) is 10.7. The fourth-order valence-corrected chi connectivity index (χ4v) is 2.29. The number of fused-ring (bicyclic) bond motifs is 1. The van der Waals surface area contributed by atoms with Crippen molar-refractivity contribution in [3.63, 3.8) is 0 Å². The van der Waals surface area contributed by atoms with E-state index in [4.69, 9.17) is 32.5 Å². The summed E-state index contributed by atoms with van der Waals surface area (Å²) in [5, 5.41) is 1.13. The van der Waals surface area contributed by atoms with Crippen molar-refractivity contribution < 1.29 is 9.31 Å². The van der Waals surface area contributed by atoms with E-state index in [0.717, 1.165) is 17.0 Å². The second-order valence-corrected chi connectivity index (χ2v) is 4.59. The van der Waals surface area contributed by atoms with E-state index in [0.29, 0.717) is 10.0 Å². The van der Waals surface area contributed by atoms with Crippen LogP contribution in [0.25, 0.3) is 0 Å². The molecule has 0 saturated heterocycles. The Morgan fingerprint density at radius 2 is 1.32 bits per heavy atom. The van der Waals surface area contributed by atoms with Crippen LogP contribution >= 0.6 is 23.2 Å². The monoisotopic (exact) mass is 294 g/mol. The highest BCUT2D eigenvalue weighted by Gasteiger charge is 2.34. The highest BCUT2D eigenvalue weighted by Crippen LogP contribution is 2.32. The molecule has 0 fully saturated rings. The van der Waals surface area contributed by atoms with Crippen molar-refractivity contribution in [2.24, 2.45) is 0 Å². The number of hydrogen-bond donors (Lipinski definition) is 0. The average Bonchev–Trinajstić information content (AvgIpc) is 2.84. The lowest BCUT2D eigenvalue weighted by molar-refractivity contribution is 0.519. The highest BCUT2D eigenvalue weighted by atomic mass is 35.5. The van der Waals surface area contributed by atoms with Gasteiger partial charge in [-0.1, -0.05) is 49.2 Å². The van der Waals surface area contributed by atoms with E-state index in [9.17, 15) is 0 Å². The molecule has 98 valence electrons. The summed E-state index contributed by atoms with van der Waals surface area (Å²) < 4.78 is 11.3. The van der Waals surface area contributed by atoms with Crippen molar-refractivity contribution >= 4 is 35.8 Å². The van der Waals surface area contributed by atoms with Gasteiger partial charge in [-0.2, -0.15) is 0 Å². The summed E-state index contributed by atoms with van der Waals surface area (Å²) >= 11 is 11.9. The Morgan fingerprint density at radius 3 is 1.79 bits per heavy atom. The summed E-state index contributed by atoms with van der Waals surface area (Å²) in [6.07, 6.45) is 0. The molecular weight excluding hydrogens is 282 g/mol. The number of hydrogen-bond acceptors (Lipinski definition) is 2. The minimum Gasteiger partial charge on any atom is -0.519 e. The van der Waals surface area contributed by atoms with E-state index < -0.39 is 7.12 Å². The molecule has 2 aromatic carbocycles. The van der Waals surface area contributed by atoms with Crippen molar-refractivity contribution in [2.75, 3.05) is 0 Å². The first-order chi connectivity index (χ1) is 9.22. The van der Waals surface area contributed by atoms with E-state index in [1.807, 2.05) is 38.1 Å². The van der Waals surface area contributed by atoms with Gasteiger partial charge in [-0.3, -0.25) is 0 Å². The van der Waals surface area contributed by atoms with Crippen LogP contribution in [0.15, 0.2) is 42.5 Å². The van der Waals surface area contributed by atoms with E-state index in [2.05, 4.69) is 0 Å². The predicted molar refractivity (Wildman–Crippen MR) is 80.9 cm³/mol. The van der Waals surface area contributed by atoms with Crippen molar-refractivity contribution in [3.8, 4) is 11.5 Å². The molecule has 0 aromatic heterocycles. The molecule has 0 radical (unpaired) electrons. The summed E-state index contributed by atoms with van der Waals surface area (Å²) in [7, 11) is -0.483. The van der Waals surface area contributed by atoms with Gasteiger partial charge in [0.2, 0.25) is 0 Å². The van der Waals surface area contributed by atoms with Gasteiger partial charge in [-0.05, 0) is 30.3 Å². The van der Waals surface area contributed by atoms with E-state index >= 15 is 0 Å². The molecule has 0 N–H and O–H groups in total. The molecular formula is C14H13BCl2O2. The molecule has 19 heavy (non-hydrogen) atoms. The Bertz CT molecular complexity index is 530. The Hall–Kier alpha value is -1.32. The lowest BCUT2D eigenvalue weighted by atomic mass is 9.79. The number of benzene rings is 2. The van der Waals surface area contributed by atoms with Crippen molar-refractivity contribution in [1.82, 2.24) is 0 Å². The zero-order chi connectivity index (χ0) is 13.8. The van der Waals surface area contributed by atoms with Crippen LogP contribution in [0.2, 0.25) is 10.0 Å². The molecule has 3 rings (SSSR count). The molecule has 2 nitrogen and oxygen atoms in total. The SMILES string of the molecule is CC.Clc1cc(Cl)cc(B2Oc3ccccc3O2)c1. The van der Waals surface area contributed by atoms with E-state index in [1.165, 1.54) is 0 Å². The van der Waals surface area contributed by atoms with Gasteiger partial charge < -0.3 is 9.31 Å². The fraction of sp³-hybridized carbons (Fsp3) is 0.143. The van der Waals surface area contributed by atoms with Crippen molar-refractivity contribution in [3.05, 3.63) is 52.5 Å². The standard InChI is InChI=1S/C12H7BCl2O2.C2H6/c14-9-5-8(6-10(15)7-9)13-16-11-3-1-2-4-12(11)17-13;1-2/h1-7H;1-2H3. The summed E-state index contributed by atoms with van der Waals surface area (Å²) in [6.45, 7) is 4.00. The number of para-hydroxylation sites is 2. The lowest BCUT2D eigenvalue weighted by Gasteiger charge is -2.05. The normalized spacial score (nSPS) is 11.9. The topological polar surface area (TPSA) is 18.5 Å². The number of halogens is 2. The Morgan fingerprint density at radius 1 is 0.842 bits per heavy atom. The molecule has 0 saturated carbocycles. The van der Waals surface area contributed by atoms with Crippen LogP contribution in [0.1, 0.15) is 13.8 Å². The average molecular weight is 295 g/mol. The molecule has 0 atom stereocenters. The van der Waals surface area contributed by atoms with Crippen LogP contribution in [0.5, 0.6) is 11.5 Å². The third-order valence-electron chi connectivity index (χ3n) is 2.47. The van der Waals surface area contributed by atoms with Gasteiger partial charge in [-0.15, -0.1) is 0 Å². The van der Waals surface area contributed by atoms with Gasteiger partial charge in [0.05, 0.1) is 0 Å². The molecule has 5 heteroatoms. The van der Waals surface area contributed by atoms with Gasteiger partial charge in [0.15, 0.2) is 0 Å². The van der Waals surface area contributed by atoms with Crippen LogP contribution in [-0.4, -0.2) is 7.12 Å². The second kappa shape index (κ2) is 6.22. The van der Waals surface area contributed by atoms with Gasteiger partial charge in [0.1, 0.15) is 11.5 Å². The lowest BCUT2D eigenvalue weighted by Crippen LogP contribution is -2.39. The first kappa shape index (κ1) is 14.1. The molecule has 0 bridgehead atoms. The van der Waals surface area contributed by atoms with Gasteiger partial charge >= 0.3 is 7.12 Å². The molecule has 1 heterocycles. The first-order valence-corrected chi connectivity index (χ1v) is 6.86. The highest BCUT2D eigenvalue weighted by molar-refractivity contribution is 6.64. The van der Waals surface area contributed by atoms with Crippen LogP contribution < -0.4 is 14.8 Å². The Labute approximate surface area is 123 Å². The molecule has 0 spiro atoms. The van der Waals surface area contributed by atoms with Crippen LogP contribution in [0, 0.1) is 0 Å². The second-order valence-electron chi connectivity index (χ2n) is 3.72. The minimum atomic E-state index is -0.483. The molecule has 2 aromatic rings. The maximum atomic E-state index is 5.94. The van der Waals surface area contributed by atoms with E-state index in [1.54, 1.807) is 18.2 Å². The van der Waals surface area contributed by atoms with Crippen molar-refractivity contribution in [1.29, 1.82) is 0 Å². The van der Waals surface area contributed by atoms with Crippen LogP contribution in [-0.2, 0) is 0 Å². The smallest absolute Gasteiger partial charge is 0.519 e. The zero-order valence-corrected chi connectivity index (χ0v) is 12.2. The van der Waals surface area contributed by atoms with Gasteiger partial charge in [0, 0.05) is 15.5 Å². The minimum absolute atomic E-state index is 0.483. The third kappa shape index (κ3) is 3.17. The first-order valence-electron chi connectivity index (χ1n) is 6.11. The largest absolute Gasteiger partial charge is 0.632 e. The maximum absolute atomic E-state index is 5.94. The summed E-state index contributed by atoms with van der Waals surface area (Å²) in [4.78, 5) is 0. The summed E-state index contributed by atoms with van der Waals surface area (Å²) in [6, 6.07) is 12.8. The van der Waals surface area contributed by atoms with Crippen LogP contribution in [0.3, 0.4) is 0 Å².